The van der Waals surface area contributed by atoms with E-state index in [-0.39, 0.29) is 0 Å². The molecule has 0 fully saturated rings. The molecule has 19 heavy (non-hydrogen) atoms. The van der Waals surface area contributed by atoms with Crippen LogP contribution in [0.5, 0.6) is 0 Å². The van der Waals surface area contributed by atoms with Crippen molar-refractivity contribution in [2.45, 2.75) is 64.2 Å². The second-order valence-corrected chi connectivity index (χ2v) is 5.52. The van der Waals surface area contributed by atoms with Crippen LogP contribution in [0, 0.1) is 5.92 Å². The average Bonchev–Trinajstić information content (AvgIpc) is 2.46. The summed E-state index contributed by atoms with van der Waals surface area (Å²) in [6.07, 6.45) is 28.8. The van der Waals surface area contributed by atoms with Crippen LogP contribution in [0.4, 0.5) is 0 Å². The van der Waals surface area contributed by atoms with Gasteiger partial charge in [-0.2, -0.15) is 0 Å². The maximum absolute atomic E-state index is 3.68. The summed E-state index contributed by atoms with van der Waals surface area (Å²) in [5, 5.41) is 0. The van der Waals surface area contributed by atoms with Crippen molar-refractivity contribution in [1.82, 2.24) is 0 Å². The highest BCUT2D eigenvalue weighted by Gasteiger charge is 2.04. The smallest absolute Gasteiger partial charge is 0.0196 e. The maximum Gasteiger partial charge on any atom is -0.0196 e. The monoisotopic (exact) mass is 258 g/mol. The second kappa shape index (κ2) is 12.0. The highest BCUT2D eigenvalue weighted by atomic mass is 14.1. The van der Waals surface area contributed by atoms with E-state index in [0.29, 0.717) is 0 Å². The summed E-state index contributed by atoms with van der Waals surface area (Å²) in [6, 6.07) is 0. The molecule has 1 rings (SSSR count). The predicted molar refractivity (Wildman–Crippen MR) is 87.3 cm³/mol. The lowest BCUT2D eigenvalue weighted by molar-refractivity contribution is 0.515. The van der Waals surface area contributed by atoms with Gasteiger partial charge in [0.1, 0.15) is 0 Å². The number of allylic oxidation sites excluding steroid dienone is 7. The molecule has 1 aliphatic rings. The van der Waals surface area contributed by atoms with Crippen LogP contribution < -0.4 is 0 Å². The van der Waals surface area contributed by atoms with Crippen LogP contribution in [0.15, 0.2) is 49.1 Å². The van der Waals surface area contributed by atoms with Gasteiger partial charge in [-0.1, -0.05) is 87.6 Å². The molecule has 0 saturated heterocycles. The summed E-state index contributed by atoms with van der Waals surface area (Å²) in [7, 11) is 0. The van der Waals surface area contributed by atoms with E-state index in [1.807, 2.05) is 6.08 Å². The first-order valence-electron chi connectivity index (χ1n) is 8.04. The molecular formula is C19H30. The SMILES string of the molecule is C=CC=CCCCCCCCCCC1C=CC=CC1. The van der Waals surface area contributed by atoms with Crippen LogP contribution in [-0.2, 0) is 0 Å². The lowest BCUT2D eigenvalue weighted by Crippen LogP contribution is -1.97. The predicted octanol–water partition coefficient (Wildman–Crippen LogP) is 6.37. The summed E-state index contributed by atoms with van der Waals surface area (Å²) in [4.78, 5) is 0. The van der Waals surface area contributed by atoms with E-state index in [2.05, 4.69) is 43.0 Å². The fourth-order valence-corrected chi connectivity index (χ4v) is 2.59. The molecule has 0 radical (unpaired) electrons. The molecule has 0 aliphatic heterocycles. The maximum atomic E-state index is 3.68. The van der Waals surface area contributed by atoms with E-state index in [9.17, 15) is 0 Å². The van der Waals surface area contributed by atoms with E-state index in [4.69, 9.17) is 0 Å². The van der Waals surface area contributed by atoms with Crippen molar-refractivity contribution < 1.29 is 0 Å². The standard InChI is InChI=1S/C19H30/c1-2-3-4-5-6-7-8-9-10-11-13-16-19-17-14-12-15-18-19/h2-4,12,14-15,17,19H,1,5-11,13,16,18H2. The van der Waals surface area contributed by atoms with Crippen LogP contribution in [0.3, 0.4) is 0 Å². The first-order valence-corrected chi connectivity index (χ1v) is 8.04. The van der Waals surface area contributed by atoms with Crippen LogP contribution >= 0.6 is 0 Å². The zero-order chi connectivity index (χ0) is 13.6. The normalized spacial score (nSPS) is 18.2. The van der Waals surface area contributed by atoms with Gasteiger partial charge in [-0.15, -0.1) is 0 Å². The Hall–Kier alpha value is -1.04. The molecule has 0 heterocycles. The van der Waals surface area contributed by atoms with Gasteiger partial charge in [0.05, 0.1) is 0 Å². The minimum atomic E-state index is 0.821. The second-order valence-electron chi connectivity index (χ2n) is 5.52. The van der Waals surface area contributed by atoms with Gasteiger partial charge < -0.3 is 0 Å². The Labute approximate surface area is 120 Å². The molecule has 0 aromatic rings. The number of unbranched alkanes of at least 4 members (excludes halogenated alkanes) is 7. The van der Waals surface area contributed by atoms with Crippen molar-refractivity contribution in [3.63, 3.8) is 0 Å². The molecule has 0 amide bonds. The van der Waals surface area contributed by atoms with Crippen molar-refractivity contribution >= 4 is 0 Å². The van der Waals surface area contributed by atoms with Gasteiger partial charge in [0.25, 0.3) is 0 Å². The Bertz CT molecular complexity index is 293. The molecule has 0 bridgehead atoms. The number of hydrogen-bond donors (Lipinski definition) is 0. The molecule has 0 nitrogen and oxygen atoms in total. The Balaban J connectivity index is 1.78. The molecule has 1 atom stereocenters. The molecule has 0 aromatic carbocycles. The van der Waals surface area contributed by atoms with Crippen LogP contribution in [0.2, 0.25) is 0 Å². The average molecular weight is 258 g/mol. The van der Waals surface area contributed by atoms with Crippen molar-refractivity contribution in [3.05, 3.63) is 49.1 Å². The van der Waals surface area contributed by atoms with Gasteiger partial charge in [-0.3, -0.25) is 0 Å². The molecular weight excluding hydrogens is 228 g/mol. The van der Waals surface area contributed by atoms with E-state index in [0.717, 1.165) is 5.92 Å². The Morgan fingerprint density at radius 1 is 0.947 bits per heavy atom. The van der Waals surface area contributed by atoms with Gasteiger partial charge in [-0.05, 0) is 31.6 Å². The van der Waals surface area contributed by atoms with Gasteiger partial charge in [-0.25, -0.2) is 0 Å². The largest absolute Gasteiger partial charge is 0.0991 e. The molecule has 1 aliphatic carbocycles. The third-order valence-corrected chi connectivity index (χ3v) is 3.79. The zero-order valence-electron chi connectivity index (χ0n) is 12.4. The Kier molecular flexibility index (Phi) is 10.1. The van der Waals surface area contributed by atoms with E-state index in [1.54, 1.807) is 0 Å². The van der Waals surface area contributed by atoms with Crippen molar-refractivity contribution in [3.8, 4) is 0 Å². The minimum absolute atomic E-state index is 0.821. The van der Waals surface area contributed by atoms with Crippen molar-refractivity contribution in [1.29, 1.82) is 0 Å². The Morgan fingerprint density at radius 2 is 1.68 bits per heavy atom. The van der Waals surface area contributed by atoms with Crippen LogP contribution in [-0.4, -0.2) is 0 Å². The topological polar surface area (TPSA) is 0 Å². The third-order valence-electron chi connectivity index (χ3n) is 3.79. The quantitative estimate of drug-likeness (QED) is 0.298. The Morgan fingerprint density at radius 3 is 2.37 bits per heavy atom. The summed E-state index contributed by atoms with van der Waals surface area (Å²) < 4.78 is 0. The van der Waals surface area contributed by atoms with Crippen LogP contribution in [0.1, 0.15) is 64.2 Å². The minimum Gasteiger partial charge on any atom is -0.0991 e. The molecule has 0 N–H and O–H groups in total. The summed E-state index contributed by atoms with van der Waals surface area (Å²) in [5.41, 5.74) is 0. The van der Waals surface area contributed by atoms with Crippen LogP contribution in [0.25, 0.3) is 0 Å². The first-order chi connectivity index (χ1) is 9.43. The van der Waals surface area contributed by atoms with E-state index in [1.165, 1.54) is 64.2 Å². The van der Waals surface area contributed by atoms with Gasteiger partial charge in [0.2, 0.25) is 0 Å². The molecule has 0 saturated carbocycles. The zero-order valence-corrected chi connectivity index (χ0v) is 12.4. The summed E-state index contributed by atoms with van der Waals surface area (Å²) in [6.45, 7) is 3.68. The third kappa shape index (κ3) is 9.53. The van der Waals surface area contributed by atoms with Crippen molar-refractivity contribution in [2.75, 3.05) is 0 Å². The molecule has 1 unspecified atom stereocenters. The summed E-state index contributed by atoms with van der Waals surface area (Å²) in [5.74, 6) is 0.821. The lowest BCUT2D eigenvalue weighted by Gasteiger charge is -2.12. The highest BCUT2D eigenvalue weighted by Crippen LogP contribution is 2.19. The van der Waals surface area contributed by atoms with Gasteiger partial charge >= 0.3 is 0 Å². The number of hydrogen-bond acceptors (Lipinski definition) is 0. The fourth-order valence-electron chi connectivity index (χ4n) is 2.59. The lowest BCUT2D eigenvalue weighted by atomic mass is 9.94. The van der Waals surface area contributed by atoms with Gasteiger partial charge in [0, 0.05) is 0 Å². The first kappa shape index (κ1) is 16.0. The fraction of sp³-hybridized carbons (Fsp3) is 0.579. The molecule has 0 aromatic heterocycles. The molecule has 106 valence electrons. The van der Waals surface area contributed by atoms with E-state index < -0.39 is 0 Å². The van der Waals surface area contributed by atoms with E-state index >= 15 is 0 Å². The molecule has 0 heteroatoms. The summed E-state index contributed by atoms with van der Waals surface area (Å²) >= 11 is 0. The highest BCUT2D eigenvalue weighted by molar-refractivity contribution is 5.10. The molecule has 0 spiro atoms. The van der Waals surface area contributed by atoms with Gasteiger partial charge in [0.15, 0.2) is 0 Å². The number of rotatable bonds is 11. The van der Waals surface area contributed by atoms with Crippen molar-refractivity contribution in [2.24, 2.45) is 5.92 Å².